The Morgan fingerprint density at radius 2 is 1.68 bits per heavy atom. The third-order valence-electron chi connectivity index (χ3n) is 6.47. The minimum atomic E-state index is 0.449. The van der Waals surface area contributed by atoms with E-state index in [0.29, 0.717) is 12.0 Å². The van der Waals surface area contributed by atoms with Gasteiger partial charge in [-0.1, -0.05) is 42.2 Å². The van der Waals surface area contributed by atoms with E-state index in [9.17, 15) is 0 Å². The first-order valence-corrected chi connectivity index (χ1v) is 12.1. The molecule has 3 aromatic rings. The minimum Gasteiger partial charge on any atom is -0.383 e. The van der Waals surface area contributed by atoms with Crippen molar-refractivity contribution in [2.45, 2.75) is 31.3 Å². The van der Waals surface area contributed by atoms with Gasteiger partial charge in [0.15, 0.2) is 0 Å². The van der Waals surface area contributed by atoms with E-state index in [0.717, 1.165) is 49.5 Å². The van der Waals surface area contributed by atoms with E-state index in [2.05, 4.69) is 62.9 Å². The Hall–Kier alpha value is -3.04. The van der Waals surface area contributed by atoms with Crippen LogP contribution in [0.2, 0.25) is 0 Å². The summed E-state index contributed by atoms with van der Waals surface area (Å²) in [5.74, 6) is 7.03. The summed E-state index contributed by atoms with van der Waals surface area (Å²) < 4.78 is 5.57. The highest BCUT2D eigenvalue weighted by molar-refractivity contribution is 5.44. The molecule has 176 valence electrons. The number of hydrogen-bond donors (Lipinski definition) is 0. The normalized spacial score (nSPS) is 17.7. The second-order valence-electron chi connectivity index (χ2n) is 9.05. The van der Waals surface area contributed by atoms with E-state index in [1.165, 1.54) is 18.4 Å². The summed E-state index contributed by atoms with van der Waals surface area (Å²) in [6.07, 6.45) is 7.73. The number of nitrogens with zero attached hydrogens (tertiary/aromatic N) is 4. The third kappa shape index (κ3) is 6.74. The maximum Gasteiger partial charge on any atom is 0.115 e. The molecule has 1 saturated heterocycles. The number of aromatic nitrogens is 2. The maximum absolute atomic E-state index is 5.57. The number of benzene rings is 2. The van der Waals surface area contributed by atoms with Crippen LogP contribution in [-0.2, 0) is 11.3 Å². The lowest BCUT2D eigenvalue weighted by molar-refractivity contribution is 0.000322. The molecule has 34 heavy (non-hydrogen) atoms. The molecule has 0 spiro atoms. The number of likely N-dealkylation sites (tertiary alicyclic amines) is 1. The zero-order valence-electron chi connectivity index (χ0n) is 20.2. The van der Waals surface area contributed by atoms with Gasteiger partial charge in [-0.15, -0.1) is 0 Å². The smallest absolute Gasteiger partial charge is 0.115 e. The van der Waals surface area contributed by atoms with Gasteiger partial charge in [-0.2, -0.15) is 0 Å². The van der Waals surface area contributed by atoms with E-state index in [1.807, 2.05) is 42.7 Å². The fraction of sp³-hybridized carbons (Fsp3) is 0.379. The number of rotatable bonds is 10. The van der Waals surface area contributed by atoms with Crippen molar-refractivity contribution < 1.29 is 4.74 Å². The van der Waals surface area contributed by atoms with Crippen LogP contribution in [0.1, 0.15) is 41.0 Å². The zero-order valence-corrected chi connectivity index (χ0v) is 20.2. The Balaban J connectivity index is 1.23. The molecule has 1 fully saturated rings. The van der Waals surface area contributed by atoms with Gasteiger partial charge in [0, 0.05) is 61.2 Å². The highest BCUT2D eigenvalue weighted by atomic mass is 16.5. The quantitative estimate of drug-likeness (QED) is 0.339. The Labute approximate surface area is 203 Å². The van der Waals surface area contributed by atoms with Crippen LogP contribution in [0.5, 0.6) is 0 Å². The Morgan fingerprint density at radius 3 is 2.38 bits per heavy atom. The molecule has 0 amide bonds. The van der Waals surface area contributed by atoms with E-state index < -0.39 is 0 Å². The van der Waals surface area contributed by atoms with Crippen molar-refractivity contribution in [1.82, 2.24) is 19.8 Å². The lowest BCUT2D eigenvalue weighted by atomic mass is 9.82. The summed E-state index contributed by atoms with van der Waals surface area (Å²) in [4.78, 5) is 13.1. The minimum absolute atomic E-state index is 0.449. The molecule has 0 N–H and O–H groups in total. The first-order valence-electron chi connectivity index (χ1n) is 12.1. The second-order valence-corrected chi connectivity index (χ2v) is 9.05. The Morgan fingerprint density at radius 1 is 0.971 bits per heavy atom. The van der Waals surface area contributed by atoms with E-state index in [1.54, 1.807) is 13.4 Å². The van der Waals surface area contributed by atoms with Crippen LogP contribution in [0.25, 0.3) is 0 Å². The molecule has 0 saturated carbocycles. The van der Waals surface area contributed by atoms with Gasteiger partial charge in [-0.05, 0) is 62.8 Å². The van der Waals surface area contributed by atoms with Crippen LogP contribution in [0.4, 0.5) is 0 Å². The van der Waals surface area contributed by atoms with Gasteiger partial charge in [0.1, 0.15) is 6.33 Å². The number of hydrogen-bond acceptors (Lipinski definition) is 5. The predicted molar refractivity (Wildman–Crippen MR) is 136 cm³/mol. The van der Waals surface area contributed by atoms with Gasteiger partial charge in [-0.25, -0.2) is 9.97 Å². The molecule has 1 aliphatic heterocycles. The highest BCUT2D eigenvalue weighted by Gasteiger charge is 2.39. The summed E-state index contributed by atoms with van der Waals surface area (Å²) in [5.41, 5.74) is 4.64. The Bertz CT molecular complexity index is 1060. The average molecular weight is 455 g/mol. The SMILES string of the molecule is COCC1C(c2ccc(C#Cc3ccccc3)cc2)CN1CCCCN(C)Cc1cncnc1. The molecule has 5 heteroatoms. The molecule has 2 heterocycles. The van der Waals surface area contributed by atoms with Crippen LogP contribution in [-0.4, -0.2) is 66.2 Å². The van der Waals surface area contributed by atoms with Crippen LogP contribution in [0.3, 0.4) is 0 Å². The average Bonchev–Trinajstić information content (AvgIpc) is 2.87. The number of methoxy groups -OCH3 is 1. The van der Waals surface area contributed by atoms with Crippen molar-refractivity contribution in [3.05, 3.63) is 95.6 Å². The van der Waals surface area contributed by atoms with Crippen LogP contribution < -0.4 is 0 Å². The van der Waals surface area contributed by atoms with Crippen molar-refractivity contribution in [3.8, 4) is 11.8 Å². The van der Waals surface area contributed by atoms with Gasteiger partial charge >= 0.3 is 0 Å². The molecular formula is C29H34N4O. The second kappa shape index (κ2) is 12.4. The summed E-state index contributed by atoms with van der Waals surface area (Å²) in [6, 6.07) is 19.3. The fourth-order valence-corrected chi connectivity index (χ4v) is 4.58. The zero-order chi connectivity index (χ0) is 23.6. The van der Waals surface area contributed by atoms with Gasteiger partial charge in [0.25, 0.3) is 0 Å². The molecule has 4 rings (SSSR count). The third-order valence-corrected chi connectivity index (χ3v) is 6.47. The Kier molecular flexibility index (Phi) is 8.81. The van der Waals surface area contributed by atoms with E-state index in [-0.39, 0.29) is 0 Å². The topological polar surface area (TPSA) is 41.5 Å². The standard InChI is InChI=1S/C29H34N4O/c1-32(20-26-18-30-23-31-19-26)16-6-7-17-33-21-28(29(33)22-34-2)27-14-12-25(13-15-27)11-10-24-8-4-3-5-9-24/h3-5,8-9,12-15,18-19,23,28-29H,6-7,16-17,20-22H2,1-2H3. The van der Waals surface area contributed by atoms with Gasteiger partial charge in [0.05, 0.1) is 6.61 Å². The van der Waals surface area contributed by atoms with Crippen LogP contribution in [0.15, 0.2) is 73.3 Å². The maximum atomic E-state index is 5.57. The lowest BCUT2D eigenvalue weighted by Gasteiger charge is -2.48. The lowest BCUT2D eigenvalue weighted by Crippen LogP contribution is -2.56. The van der Waals surface area contributed by atoms with Crippen molar-refractivity contribution in [1.29, 1.82) is 0 Å². The van der Waals surface area contributed by atoms with Crippen molar-refractivity contribution in [3.63, 3.8) is 0 Å². The first kappa shape index (κ1) is 24.1. The number of ether oxygens (including phenoxy) is 1. The summed E-state index contributed by atoms with van der Waals surface area (Å²) in [7, 11) is 3.96. The molecule has 1 aromatic heterocycles. The number of unbranched alkanes of at least 4 members (excludes halogenated alkanes) is 1. The van der Waals surface area contributed by atoms with Crippen LogP contribution >= 0.6 is 0 Å². The summed E-state index contributed by atoms with van der Waals surface area (Å²) >= 11 is 0. The van der Waals surface area contributed by atoms with Crippen molar-refractivity contribution in [2.24, 2.45) is 0 Å². The van der Waals surface area contributed by atoms with Gasteiger partial charge < -0.3 is 9.64 Å². The fourth-order valence-electron chi connectivity index (χ4n) is 4.58. The van der Waals surface area contributed by atoms with E-state index in [4.69, 9.17) is 4.74 Å². The van der Waals surface area contributed by atoms with Crippen molar-refractivity contribution in [2.75, 3.05) is 40.4 Å². The van der Waals surface area contributed by atoms with Gasteiger partial charge in [-0.3, -0.25) is 4.90 Å². The summed E-state index contributed by atoms with van der Waals surface area (Å²) in [5, 5.41) is 0. The van der Waals surface area contributed by atoms with Gasteiger partial charge in [0.2, 0.25) is 0 Å². The molecule has 2 atom stereocenters. The largest absolute Gasteiger partial charge is 0.383 e. The molecule has 0 radical (unpaired) electrons. The van der Waals surface area contributed by atoms with E-state index >= 15 is 0 Å². The van der Waals surface area contributed by atoms with Crippen molar-refractivity contribution >= 4 is 0 Å². The molecule has 2 aromatic carbocycles. The molecule has 1 aliphatic rings. The molecule has 5 nitrogen and oxygen atoms in total. The molecular weight excluding hydrogens is 420 g/mol. The van der Waals surface area contributed by atoms with Crippen LogP contribution in [0, 0.1) is 11.8 Å². The monoisotopic (exact) mass is 454 g/mol. The first-order chi connectivity index (χ1) is 16.7. The predicted octanol–water partition coefficient (Wildman–Crippen LogP) is 4.20. The molecule has 2 unspecified atom stereocenters. The molecule has 0 aliphatic carbocycles. The molecule has 0 bridgehead atoms. The highest BCUT2D eigenvalue weighted by Crippen LogP contribution is 2.34. The summed E-state index contributed by atoms with van der Waals surface area (Å²) in [6.45, 7) is 4.96.